The molecule has 1 fully saturated rings. The second-order valence-electron chi connectivity index (χ2n) is 5.98. The van der Waals surface area contributed by atoms with Crippen molar-refractivity contribution in [1.29, 1.82) is 0 Å². The van der Waals surface area contributed by atoms with E-state index >= 15 is 0 Å². The summed E-state index contributed by atoms with van der Waals surface area (Å²) < 4.78 is 4.79. The average Bonchev–Trinajstić information content (AvgIpc) is 2.54. The van der Waals surface area contributed by atoms with Crippen molar-refractivity contribution in [2.24, 2.45) is 5.92 Å². The molecule has 0 aromatic heterocycles. The van der Waals surface area contributed by atoms with Gasteiger partial charge in [0.2, 0.25) is 0 Å². The van der Waals surface area contributed by atoms with Crippen molar-refractivity contribution < 1.29 is 14.3 Å². The standard InChI is InChI=1S/C17H24N2O3/c1-18(2)16(20)22-17(21)19-12-10-15(11-13-19)9-8-14-6-4-3-5-7-14/h3-7,15H,8-13H2,1-2H3. The zero-order chi connectivity index (χ0) is 15.9. The van der Waals surface area contributed by atoms with E-state index in [1.165, 1.54) is 10.5 Å². The van der Waals surface area contributed by atoms with Crippen LogP contribution in [0.5, 0.6) is 0 Å². The first-order valence-electron chi connectivity index (χ1n) is 7.78. The largest absolute Gasteiger partial charge is 0.418 e. The minimum absolute atomic E-state index is 0.528. The highest BCUT2D eigenvalue weighted by atomic mass is 16.6. The summed E-state index contributed by atoms with van der Waals surface area (Å²) in [5.74, 6) is 0.633. The normalized spacial score (nSPS) is 15.5. The monoisotopic (exact) mass is 304 g/mol. The Hall–Kier alpha value is -2.04. The number of aryl methyl sites for hydroxylation is 1. The number of amides is 2. The van der Waals surface area contributed by atoms with Crippen LogP contribution in [0.15, 0.2) is 30.3 Å². The lowest BCUT2D eigenvalue weighted by atomic mass is 9.91. The van der Waals surface area contributed by atoms with Crippen molar-refractivity contribution in [1.82, 2.24) is 9.80 Å². The number of hydrogen-bond donors (Lipinski definition) is 0. The molecule has 5 nitrogen and oxygen atoms in total. The summed E-state index contributed by atoms with van der Waals surface area (Å²) in [7, 11) is 3.12. The molecule has 0 saturated carbocycles. The molecule has 1 saturated heterocycles. The molecule has 0 aliphatic carbocycles. The molecule has 2 amide bonds. The Bertz CT molecular complexity index is 494. The van der Waals surface area contributed by atoms with Gasteiger partial charge in [-0.25, -0.2) is 9.59 Å². The van der Waals surface area contributed by atoms with Crippen LogP contribution in [0, 0.1) is 5.92 Å². The van der Waals surface area contributed by atoms with Crippen LogP contribution >= 0.6 is 0 Å². The molecule has 1 aromatic carbocycles. The van der Waals surface area contributed by atoms with Crippen LogP contribution in [0.2, 0.25) is 0 Å². The van der Waals surface area contributed by atoms with Crippen LogP contribution in [0.4, 0.5) is 9.59 Å². The Labute approximate surface area is 131 Å². The minimum atomic E-state index is -0.615. The van der Waals surface area contributed by atoms with Crippen molar-refractivity contribution in [2.45, 2.75) is 25.7 Å². The van der Waals surface area contributed by atoms with E-state index in [1.54, 1.807) is 19.0 Å². The molecule has 0 unspecified atom stereocenters. The summed E-state index contributed by atoms with van der Waals surface area (Å²) in [6.45, 7) is 1.33. The Kier molecular flexibility index (Phi) is 5.81. The van der Waals surface area contributed by atoms with Crippen molar-refractivity contribution >= 4 is 12.2 Å². The number of benzene rings is 1. The third-order valence-corrected chi connectivity index (χ3v) is 4.10. The zero-order valence-corrected chi connectivity index (χ0v) is 13.3. The molecule has 120 valence electrons. The van der Waals surface area contributed by atoms with Crippen molar-refractivity contribution in [2.75, 3.05) is 27.2 Å². The zero-order valence-electron chi connectivity index (χ0n) is 13.3. The Balaban J connectivity index is 1.71. The molecular formula is C17H24N2O3. The Morgan fingerprint density at radius 1 is 1.18 bits per heavy atom. The lowest BCUT2D eigenvalue weighted by Crippen LogP contribution is -2.41. The van der Waals surface area contributed by atoms with Crippen LogP contribution in [0.3, 0.4) is 0 Å². The van der Waals surface area contributed by atoms with Gasteiger partial charge in [-0.3, -0.25) is 0 Å². The lowest BCUT2D eigenvalue weighted by molar-refractivity contribution is 0.0913. The molecule has 1 aromatic rings. The van der Waals surface area contributed by atoms with E-state index in [0.717, 1.165) is 25.7 Å². The predicted molar refractivity (Wildman–Crippen MR) is 84.6 cm³/mol. The van der Waals surface area contributed by atoms with E-state index < -0.39 is 12.2 Å². The quantitative estimate of drug-likeness (QED) is 0.806. The van der Waals surface area contributed by atoms with Crippen LogP contribution in [0.1, 0.15) is 24.8 Å². The maximum absolute atomic E-state index is 11.9. The van der Waals surface area contributed by atoms with Gasteiger partial charge in [-0.15, -0.1) is 0 Å². The number of ether oxygens (including phenoxy) is 1. The third-order valence-electron chi connectivity index (χ3n) is 4.10. The highest BCUT2D eigenvalue weighted by Gasteiger charge is 2.25. The molecule has 0 radical (unpaired) electrons. The minimum Gasteiger partial charge on any atom is -0.359 e. The molecule has 5 heteroatoms. The first-order valence-corrected chi connectivity index (χ1v) is 7.78. The number of piperidine rings is 1. The van der Waals surface area contributed by atoms with E-state index in [-0.39, 0.29) is 0 Å². The molecule has 1 heterocycles. The van der Waals surface area contributed by atoms with Gasteiger partial charge in [0, 0.05) is 27.2 Å². The molecule has 1 aliphatic heterocycles. The SMILES string of the molecule is CN(C)C(=O)OC(=O)N1CCC(CCc2ccccc2)CC1. The highest BCUT2D eigenvalue weighted by Crippen LogP contribution is 2.22. The van der Waals surface area contributed by atoms with Gasteiger partial charge in [0.15, 0.2) is 0 Å². The lowest BCUT2D eigenvalue weighted by Gasteiger charge is -2.31. The predicted octanol–water partition coefficient (Wildman–Crippen LogP) is 3.15. The summed E-state index contributed by atoms with van der Waals surface area (Å²) in [6.07, 6.45) is 3.02. The Morgan fingerprint density at radius 2 is 1.82 bits per heavy atom. The van der Waals surface area contributed by atoms with Gasteiger partial charge >= 0.3 is 12.2 Å². The second-order valence-corrected chi connectivity index (χ2v) is 5.98. The number of carbonyl (C=O) groups is 2. The van der Waals surface area contributed by atoms with E-state index in [4.69, 9.17) is 4.74 Å². The van der Waals surface area contributed by atoms with Crippen LogP contribution < -0.4 is 0 Å². The summed E-state index contributed by atoms with van der Waals surface area (Å²) in [5, 5.41) is 0. The smallest absolute Gasteiger partial charge is 0.359 e. The molecule has 0 atom stereocenters. The number of nitrogens with zero attached hydrogens (tertiary/aromatic N) is 2. The molecular weight excluding hydrogens is 280 g/mol. The number of hydrogen-bond acceptors (Lipinski definition) is 3. The van der Waals surface area contributed by atoms with Crippen molar-refractivity contribution in [3.63, 3.8) is 0 Å². The molecule has 0 spiro atoms. The summed E-state index contributed by atoms with van der Waals surface area (Å²) in [6, 6.07) is 10.5. The van der Waals surface area contributed by atoms with Crippen molar-refractivity contribution in [3.05, 3.63) is 35.9 Å². The first kappa shape index (κ1) is 16.3. The summed E-state index contributed by atoms with van der Waals surface area (Å²) in [4.78, 5) is 26.1. The van der Waals surface area contributed by atoms with Crippen LogP contribution in [-0.4, -0.2) is 49.2 Å². The second kappa shape index (κ2) is 7.82. The Morgan fingerprint density at radius 3 is 2.41 bits per heavy atom. The van der Waals surface area contributed by atoms with E-state index in [2.05, 4.69) is 24.3 Å². The number of likely N-dealkylation sites (tertiary alicyclic amines) is 1. The van der Waals surface area contributed by atoms with E-state index in [0.29, 0.717) is 19.0 Å². The van der Waals surface area contributed by atoms with Crippen LogP contribution in [-0.2, 0) is 11.2 Å². The number of carbonyl (C=O) groups excluding carboxylic acids is 2. The maximum atomic E-state index is 11.9. The average molecular weight is 304 g/mol. The van der Waals surface area contributed by atoms with Gasteiger partial charge in [-0.2, -0.15) is 0 Å². The van der Waals surface area contributed by atoms with Gasteiger partial charge in [0.05, 0.1) is 0 Å². The molecule has 2 rings (SSSR count). The van der Waals surface area contributed by atoms with Gasteiger partial charge in [-0.1, -0.05) is 30.3 Å². The topological polar surface area (TPSA) is 49.9 Å². The van der Waals surface area contributed by atoms with E-state index in [1.807, 2.05) is 6.07 Å². The van der Waals surface area contributed by atoms with Gasteiger partial charge in [0.25, 0.3) is 0 Å². The third kappa shape index (κ3) is 4.76. The maximum Gasteiger partial charge on any atom is 0.418 e. The molecule has 0 bridgehead atoms. The molecule has 1 aliphatic rings. The summed E-state index contributed by atoms with van der Waals surface area (Å²) >= 11 is 0. The molecule has 22 heavy (non-hydrogen) atoms. The van der Waals surface area contributed by atoms with E-state index in [9.17, 15) is 9.59 Å². The summed E-state index contributed by atoms with van der Waals surface area (Å²) in [5.41, 5.74) is 1.36. The highest BCUT2D eigenvalue weighted by molar-refractivity contribution is 5.83. The fourth-order valence-electron chi connectivity index (χ4n) is 2.65. The van der Waals surface area contributed by atoms with Gasteiger partial charge < -0.3 is 14.5 Å². The first-order chi connectivity index (χ1) is 10.6. The fourth-order valence-corrected chi connectivity index (χ4v) is 2.65. The fraction of sp³-hybridized carbons (Fsp3) is 0.529. The van der Waals surface area contributed by atoms with Crippen molar-refractivity contribution in [3.8, 4) is 0 Å². The number of rotatable bonds is 3. The van der Waals surface area contributed by atoms with Gasteiger partial charge in [-0.05, 0) is 37.2 Å². The van der Waals surface area contributed by atoms with Gasteiger partial charge in [0.1, 0.15) is 0 Å². The molecule has 0 N–H and O–H groups in total. The van der Waals surface area contributed by atoms with Crippen LogP contribution in [0.25, 0.3) is 0 Å².